The summed E-state index contributed by atoms with van der Waals surface area (Å²) in [6, 6.07) is 1.08. The van der Waals surface area contributed by atoms with Crippen molar-refractivity contribution in [2.45, 2.75) is 0 Å². The van der Waals surface area contributed by atoms with E-state index in [4.69, 9.17) is 5.73 Å². The number of hydrogen-bond acceptors (Lipinski definition) is 6. The number of rotatable bonds is 3. The number of nitrogens with one attached hydrogen (secondary N) is 1. The molecule has 1 aromatic rings. The van der Waals surface area contributed by atoms with Crippen LogP contribution >= 0.6 is 0 Å². The zero-order valence-electron chi connectivity index (χ0n) is 8.80. The van der Waals surface area contributed by atoms with Crippen molar-refractivity contribution in [3.05, 3.63) is 27.9 Å². The zero-order chi connectivity index (χ0) is 12.3. The molecule has 0 bridgehead atoms. The zero-order valence-corrected chi connectivity index (χ0v) is 8.80. The number of carbonyl (C=O) groups excluding carboxylic acids is 1. The van der Waals surface area contributed by atoms with Crippen LogP contribution in [-0.4, -0.2) is 34.9 Å². The Labute approximate surface area is 91.2 Å². The number of nitrogens with two attached hydrogens (primary N) is 1. The highest BCUT2D eigenvalue weighted by molar-refractivity contribution is 5.98. The number of amides is 1. The number of carbonyl (C=O) groups is 1. The third kappa shape index (κ3) is 2.64. The average molecular weight is 225 g/mol. The van der Waals surface area contributed by atoms with Gasteiger partial charge < -0.3 is 5.73 Å². The predicted octanol–water partition coefficient (Wildman–Crippen LogP) is -0.222. The molecule has 0 spiro atoms. The summed E-state index contributed by atoms with van der Waals surface area (Å²) < 4.78 is 0. The van der Waals surface area contributed by atoms with Gasteiger partial charge in [0.1, 0.15) is 12.0 Å². The standard InChI is InChI=1S/C8H11N5O3/c1-12(2)11-8(14)6-3-5(13(15)16)4-10-7(6)9/h3-4H,1-2H3,(H2,9,10)(H,11,14). The smallest absolute Gasteiger partial charge is 0.288 e. The van der Waals surface area contributed by atoms with Crippen LogP contribution in [0.4, 0.5) is 11.5 Å². The minimum atomic E-state index is -0.640. The molecule has 0 aromatic carbocycles. The SMILES string of the molecule is CN(C)NC(=O)c1cc([N+](=O)[O-])cnc1N. The molecule has 1 heterocycles. The van der Waals surface area contributed by atoms with Gasteiger partial charge in [0.15, 0.2) is 0 Å². The van der Waals surface area contributed by atoms with E-state index >= 15 is 0 Å². The van der Waals surface area contributed by atoms with Crippen molar-refractivity contribution in [1.82, 2.24) is 15.4 Å². The summed E-state index contributed by atoms with van der Waals surface area (Å²) in [6.07, 6.45) is 1.00. The molecule has 8 nitrogen and oxygen atoms in total. The molecule has 8 heteroatoms. The maximum absolute atomic E-state index is 11.6. The lowest BCUT2D eigenvalue weighted by Crippen LogP contribution is -2.36. The number of nitrogens with zero attached hydrogens (tertiary/aromatic N) is 3. The number of hydrogen-bond donors (Lipinski definition) is 2. The maximum atomic E-state index is 11.6. The molecule has 86 valence electrons. The molecule has 0 fully saturated rings. The molecule has 1 aromatic heterocycles. The van der Waals surface area contributed by atoms with E-state index in [2.05, 4.69) is 10.4 Å². The van der Waals surface area contributed by atoms with Crippen molar-refractivity contribution >= 4 is 17.4 Å². The van der Waals surface area contributed by atoms with Gasteiger partial charge in [-0.05, 0) is 0 Å². The van der Waals surface area contributed by atoms with E-state index in [0.29, 0.717) is 0 Å². The first kappa shape index (κ1) is 11.9. The Morgan fingerprint density at radius 2 is 2.25 bits per heavy atom. The Balaban J connectivity index is 3.07. The highest BCUT2D eigenvalue weighted by atomic mass is 16.6. The van der Waals surface area contributed by atoms with Gasteiger partial charge in [0.05, 0.1) is 10.5 Å². The first-order chi connectivity index (χ1) is 7.41. The largest absolute Gasteiger partial charge is 0.383 e. The van der Waals surface area contributed by atoms with Gasteiger partial charge in [-0.25, -0.2) is 9.99 Å². The number of nitrogen functional groups attached to an aromatic ring is 1. The van der Waals surface area contributed by atoms with E-state index in [1.54, 1.807) is 14.1 Å². The monoisotopic (exact) mass is 225 g/mol. The molecule has 0 aliphatic carbocycles. The van der Waals surface area contributed by atoms with Crippen molar-refractivity contribution < 1.29 is 9.72 Å². The average Bonchev–Trinajstić information content (AvgIpc) is 2.16. The van der Waals surface area contributed by atoms with Gasteiger partial charge in [0, 0.05) is 20.2 Å². The van der Waals surface area contributed by atoms with Crippen molar-refractivity contribution in [3.63, 3.8) is 0 Å². The Hall–Kier alpha value is -2.22. The minimum Gasteiger partial charge on any atom is -0.383 e. The molecule has 0 unspecified atom stereocenters. The molecular weight excluding hydrogens is 214 g/mol. The van der Waals surface area contributed by atoms with Crippen molar-refractivity contribution in [2.24, 2.45) is 0 Å². The third-order valence-corrected chi connectivity index (χ3v) is 1.68. The van der Waals surface area contributed by atoms with Crippen LogP contribution in [0.5, 0.6) is 0 Å². The van der Waals surface area contributed by atoms with Crippen LogP contribution in [0.15, 0.2) is 12.3 Å². The van der Waals surface area contributed by atoms with Crippen LogP contribution in [-0.2, 0) is 0 Å². The first-order valence-corrected chi connectivity index (χ1v) is 4.30. The van der Waals surface area contributed by atoms with Crippen molar-refractivity contribution in [2.75, 3.05) is 19.8 Å². The number of pyridine rings is 1. The fourth-order valence-electron chi connectivity index (χ4n) is 1.01. The lowest BCUT2D eigenvalue weighted by molar-refractivity contribution is -0.385. The molecule has 0 radical (unpaired) electrons. The van der Waals surface area contributed by atoms with E-state index in [9.17, 15) is 14.9 Å². The molecule has 0 saturated heterocycles. The summed E-state index contributed by atoms with van der Waals surface area (Å²) in [5.41, 5.74) is 7.57. The normalized spacial score (nSPS) is 10.2. The van der Waals surface area contributed by atoms with E-state index in [1.807, 2.05) is 0 Å². The van der Waals surface area contributed by atoms with Crippen LogP contribution in [0.1, 0.15) is 10.4 Å². The second-order valence-corrected chi connectivity index (χ2v) is 3.22. The van der Waals surface area contributed by atoms with Crippen LogP contribution in [0.25, 0.3) is 0 Å². The highest BCUT2D eigenvalue weighted by Crippen LogP contribution is 2.16. The summed E-state index contributed by atoms with van der Waals surface area (Å²) >= 11 is 0. The second kappa shape index (κ2) is 4.53. The Bertz CT molecular complexity index is 432. The number of hydrazine groups is 1. The van der Waals surface area contributed by atoms with Gasteiger partial charge in [0.25, 0.3) is 11.6 Å². The molecule has 0 saturated carbocycles. The van der Waals surface area contributed by atoms with Gasteiger partial charge in [-0.1, -0.05) is 0 Å². The summed E-state index contributed by atoms with van der Waals surface area (Å²) in [5, 5.41) is 11.9. The molecule has 3 N–H and O–H groups in total. The van der Waals surface area contributed by atoms with Crippen LogP contribution < -0.4 is 11.2 Å². The van der Waals surface area contributed by atoms with Gasteiger partial charge >= 0.3 is 0 Å². The molecule has 0 aliphatic heterocycles. The van der Waals surface area contributed by atoms with Gasteiger partial charge in [-0.15, -0.1) is 0 Å². The van der Waals surface area contributed by atoms with Crippen LogP contribution in [0.3, 0.4) is 0 Å². The Morgan fingerprint density at radius 3 is 2.75 bits per heavy atom. The molecule has 16 heavy (non-hydrogen) atoms. The topological polar surface area (TPSA) is 114 Å². The fourth-order valence-corrected chi connectivity index (χ4v) is 1.01. The maximum Gasteiger partial charge on any atom is 0.288 e. The lowest BCUT2D eigenvalue weighted by Gasteiger charge is -2.12. The van der Waals surface area contributed by atoms with Crippen molar-refractivity contribution in [1.29, 1.82) is 0 Å². The molecular formula is C8H11N5O3. The van der Waals surface area contributed by atoms with Crippen LogP contribution in [0, 0.1) is 10.1 Å². The number of aromatic nitrogens is 1. The Morgan fingerprint density at radius 1 is 1.62 bits per heavy atom. The van der Waals surface area contributed by atoms with Crippen molar-refractivity contribution in [3.8, 4) is 0 Å². The molecule has 1 rings (SSSR count). The van der Waals surface area contributed by atoms with E-state index in [1.165, 1.54) is 5.01 Å². The third-order valence-electron chi connectivity index (χ3n) is 1.68. The van der Waals surface area contributed by atoms with E-state index < -0.39 is 10.8 Å². The summed E-state index contributed by atoms with van der Waals surface area (Å²) in [7, 11) is 3.22. The quantitative estimate of drug-likeness (QED) is 0.542. The van der Waals surface area contributed by atoms with Crippen LogP contribution in [0.2, 0.25) is 0 Å². The minimum absolute atomic E-state index is 0.0251. The fraction of sp³-hybridized carbons (Fsp3) is 0.250. The molecule has 0 atom stereocenters. The van der Waals surface area contributed by atoms with E-state index in [0.717, 1.165) is 12.3 Å². The second-order valence-electron chi connectivity index (χ2n) is 3.22. The summed E-state index contributed by atoms with van der Waals surface area (Å²) in [6.45, 7) is 0. The summed E-state index contributed by atoms with van der Waals surface area (Å²) in [5.74, 6) is -0.594. The van der Waals surface area contributed by atoms with Gasteiger partial charge in [-0.3, -0.25) is 20.3 Å². The predicted molar refractivity (Wildman–Crippen MR) is 56.5 cm³/mol. The number of anilines is 1. The van der Waals surface area contributed by atoms with Gasteiger partial charge in [0.2, 0.25) is 0 Å². The highest BCUT2D eigenvalue weighted by Gasteiger charge is 2.16. The van der Waals surface area contributed by atoms with Gasteiger partial charge in [-0.2, -0.15) is 0 Å². The summed E-state index contributed by atoms with van der Waals surface area (Å²) in [4.78, 5) is 25.0. The lowest BCUT2D eigenvalue weighted by atomic mass is 10.2. The van der Waals surface area contributed by atoms with E-state index in [-0.39, 0.29) is 17.1 Å². The Kier molecular flexibility index (Phi) is 3.36. The number of nitro groups is 1. The first-order valence-electron chi connectivity index (χ1n) is 4.30. The molecule has 0 aliphatic rings. The molecule has 1 amide bonds.